The van der Waals surface area contributed by atoms with Gasteiger partial charge in [0.1, 0.15) is 0 Å². The van der Waals surface area contributed by atoms with E-state index in [1.54, 1.807) is 0 Å². The molecule has 90 valence electrons. The standard InChI is InChI=1S/C14H24N2/c1-3-8-16(9-4-2)11-14-13-7-5-6-12(13)10-15-14/h3-4,12-15H,1-2,5-11H2. The molecule has 1 saturated carbocycles. The van der Waals surface area contributed by atoms with E-state index in [-0.39, 0.29) is 0 Å². The van der Waals surface area contributed by atoms with Gasteiger partial charge in [0.05, 0.1) is 0 Å². The van der Waals surface area contributed by atoms with Gasteiger partial charge in [0, 0.05) is 25.7 Å². The lowest BCUT2D eigenvalue weighted by atomic mass is 9.94. The fourth-order valence-corrected chi connectivity index (χ4v) is 3.37. The summed E-state index contributed by atoms with van der Waals surface area (Å²) < 4.78 is 0. The topological polar surface area (TPSA) is 15.3 Å². The Bertz CT molecular complexity index is 239. The molecule has 2 nitrogen and oxygen atoms in total. The first-order valence-corrected chi connectivity index (χ1v) is 6.52. The maximum Gasteiger partial charge on any atom is 0.0226 e. The smallest absolute Gasteiger partial charge is 0.0226 e. The Labute approximate surface area is 99.4 Å². The number of hydrogen-bond donors (Lipinski definition) is 1. The zero-order valence-electron chi connectivity index (χ0n) is 10.2. The zero-order valence-corrected chi connectivity index (χ0v) is 10.2. The molecule has 1 aliphatic carbocycles. The Balaban J connectivity index is 1.87. The van der Waals surface area contributed by atoms with Crippen molar-refractivity contribution >= 4 is 0 Å². The van der Waals surface area contributed by atoms with Crippen LogP contribution in [0.25, 0.3) is 0 Å². The van der Waals surface area contributed by atoms with E-state index in [2.05, 4.69) is 23.4 Å². The third-order valence-electron chi connectivity index (χ3n) is 4.11. The molecule has 1 heterocycles. The molecule has 16 heavy (non-hydrogen) atoms. The minimum atomic E-state index is 0.701. The van der Waals surface area contributed by atoms with Crippen molar-refractivity contribution < 1.29 is 0 Å². The molecule has 1 saturated heterocycles. The van der Waals surface area contributed by atoms with Gasteiger partial charge in [-0.15, -0.1) is 13.2 Å². The SMILES string of the molecule is C=CCN(CC=C)CC1NCC2CCCC21. The van der Waals surface area contributed by atoms with E-state index in [1.807, 2.05) is 12.2 Å². The normalized spacial score (nSPS) is 32.9. The van der Waals surface area contributed by atoms with Crippen LogP contribution in [0.2, 0.25) is 0 Å². The largest absolute Gasteiger partial charge is 0.312 e. The highest BCUT2D eigenvalue weighted by Gasteiger charge is 2.38. The Morgan fingerprint density at radius 2 is 1.94 bits per heavy atom. The van der Waals surface area contributed by atoms with Gasteiger partial charge in [-0.2, -0.15) is 0 Å². The Morgan fingerprint density at radius 1 is 1.19 bits per heavy atom. The number of nitrogens with one attached hydrogen (secondary N) is 1. The summed E-state index contributed by atoms with van der Waals surface area (Å²) in [6.07, 6.45) is 8.29. The van der Waals surface area contributed by atoms with Gasteiger partial charge in [0.15, 0.2) is 0 Å². The number of nitrogens with zero attached hydrogens (tertiary/aromatic N) is 1. The molecule has 0 spiro atoms. The van der Waals surface area contributed by atoms with E-state index in [9.17, 15) is 0 Å². The summed E-state index contributed by atoms with van der Waals surface area (Å²) in [6, 6.07) is 0.701. The van der Waals surface area contributed by atoms with Crippen molar-refractivity contribution in [2.45, 2.75) is 25.3 Å². The molecule has 0 aromatic carbocycles. The van der Waals surface area contributed by atoms with Gasteiger partial charge in [-0.1, -0.05) is 18.6 Å². The summed E-state index contributed by atoms with van der Waals surface area (Å²) >= 11 is 0. The van der Waals surface area contributed by atoms with Gasteiger partial charge in [0.2, 0.25) is 0 Å². The van der Waals surface area contributed by atoms with Gasteiger partial charge in [-0.05, 0) is 31.2 Å². The van der Waals surface area contributed by atoms with Crippen LogP contribution < -0.4 is 5.32 Å². The van der Waals surface area contributed by atoms with Crippen LogP contribution in [0, 0.1) is 11.8 Å². The molecule has 2 rings (SSSR count). The molecular weight excluding hydrogens is 196 g/mol. The average molecular weight is 220 g/mol. The number of hydrogen-bond acceptors (Lipinski definition) is 2. The van der Waals surface area contributed by atoms with Crippen LogP contribution in [0.15, 0.2) is 25.3 Å². The maximum atomic E-state index is 3.83. The maximum absolute atomic E-state index is 3.83. The Kier molecular flexibility index (Phi) is 4.19. The highest BCUT2D eigenvalue weighted by molar-refractivity contribution is 4.96. The Hall–Kier alpha value is -0.600. The van der Waals surface area contributed by atoms with Gasteiger partial charge in [0.25, 0.3) is 0 Å². The highest BCUT2D eigenvalue weighted by Crippen LogP contribution is 2.37. The molecule has 0 amide bonds. The molecule has 0 radical (unpaired) electrons. The third kappa shape index (κ3) is 2.55. The predicted octanol–water partition coefficient (Wildman–Crippen LogP) is 2.05. The molecule has 1 N–H and O–H groups in total. The second kappa shape index (κ2) is 5.65. The summed E-state index contributed by atoms with van der Waals surface area (Å²) in [6.45, 7) is 12.0. The first kappa shape index (κ1) is 11.9. The van der Waals surface area contributed by atoms with Crippen LogP contribution in [-0.4, -0.2) is 37.1 Å². The highest BCUT2D eigenvalue weighted by atomic mass is 15.2. The van der Waals surface area contributed by atoms with E-state index >= 15 is 0 Å². The first-order valence-electron chi connectivity index (χ1n) is 6.52. The van der Waals surface area contributed by atoms with Gasteiger partial charge in [-0.3, -0.25) is 4.90 Å². The van der Waals surface area contributed by atoms with Crippen molar-refractivity contribution in [2.24, 2.45) is 11.8 Å². The molecule has 2 heteroatoms. The van der Waals surface area contributed by atoms with E-state index in [1.165, 1.54) is 25.8 Å². The molecule has 3 atom stereocenters. The third-order valence-corrected chi connectivity index (χ3v) is 4.11. The van der Waals surface area contributed by atoms with Crippen molar-refractivity contribution in [3.63, 3.8) is 0 Å². The van der Waals surface area contributed by atoms with Crippen molar-refractivity contribution in [1.82, 2.24) is 10.2 Å². The van der Waals surface area contributed by atoms with Gasteiger partial charge < -0.3 is 5.32 Å². The lowest BCUT2D eigenvalue weighted by Gasteiger charge is -2.26. The molecule has 2 fully saturated rings. The lowest BCUT2D eigenvalue weighted by Crippen LogP contribution is -2.40. The summed E-state index contributed by atoms with van der Waals surface area (Å²) in [7, 11) is 0. The van der Waals surface area contributed by atoms with E-state index in [0.717, 1.165) is 31.5 Å². The quantitative estimate of drug-likeness (QED) is 0.689. The molecule has 2 aliphatic rings. The molecule has 0 aromatic heterocycles. The van der Waals surface area contributed by atoms with Crippen LogP contribution in [0.4, 0.5) is 0 Å². The molecule has 0 aromatic rings. The minimum Gasteiger partial charge on any atom is -0.312 e. The predicted molar refractivity (Wildman–Crippen MR) is 69.5 cm³/mol. The Morgan fingerprint density at radius 3 is 2.62 bits per heavy atom. The van der Waals surface area contributed by atoms with Crippen LogP contribution in [0.5, 0.6) is 0 Å². The molecule has 1 aliphatic heterocycles. The van der Waals surface area contributed by atoms with Crippen LogP contribution >= 0.6 is 0 Å². The molecule has 0 bridgehead atoms. The first-order chi connectivity index (χ1) is 7.85. The number of fused-ring (bicyclic) bond motifs is 1. The van der Waals surface area contributed by atoms with Crippen molar-refractivity contribution in [2.75, 3.05) is 26.2 Å². The van der Waals surface area contributed by atoms with Crippen molar-refractivity contribution in [3.8, 4) is 0 Å². The summed E-state index contributed by atoms with van der Waals surface area (Å²) in [5, 5.41) is 3.70. The zero-order chi connectivity index (χ0) is 11.4. The van der Waals surface area contributed by atoms with Crippen LogP contribution in [0.3, 0.4) is 0 Å². The molecular formula is C14H24N2. The fourth-order valence-electron chi connectivity index (χ4n) is 3.37. The summed E-state index contributed by atoms with van der Waals surface area (Å²) in [5.74, 6) is 1.89. The van der Waals surface area contributed by atoms with Crippen LogP contribution in [-0.2, 0) is 0 Å². The van der Waals surface area contributed by atoms with E-state index in [4.69, 9.17) is 0 Å². The summed E-state index contributed by atoms with van der Waals surface area (Å²) in [5.41, 5.74) is 0. The molecule has 3 unspecified atom stereocenters. The van der Waals surface area contributed by atoms with Gasteiger partial charge >= 0.3 is 0 Å². The minimum absolute atomic E-state index is 0.701. The van der Waals surface area contributed by atoms with Crippen LogP contribution in [0.1, 0.15) is 19.3 Å². The van der Waals surface area contributed by atoms with Crippen molar-refractivity contribution in [1.29, 1.82) is 0 Å². The lowest BCUT2D eigenvalue weighted by molar-refractivity contribution is 0.265. The van der Waals surface area contributed by atoms with Gasteiger partial charge in [-0.25, -0.2) is 0 Å². The second-order valence-electron chi connectivity index (χ2n) is 5.17. The number of rotatable bonds is 6. The monoisotopic (exact) mass is 220 g/mol. The van der Waals surface area contributed by atoms with E-state index in [0.29, 0.717) is 6.04 Å². The van der Waals surface area contributed by atoms with Crippen molar-refractivity contribution in [3.05, 3.63) is 25.3 Å². The average Bonchev–Trinajstić information content (AvgIpc) is 2.83. The van der Waals surface area contributed by atoms with E-state index < -0.39 is 0 Å². The second-order valence-corrected chi connectivity index (χ2v) is 5.17. The fraction of sp³-hybridized carbons (Fsp3) is 0.714. The summed E-state index contributed by atoms with van der Waals surface area (Å²) in [4.78, 5) is 2.43.